The number of hydrogen-bond acceptors (Lipinski definition) is 1. The molecule has 0 heterocycles. The van der Waals surface area contributed by atoms with E-state index in [2.05, 4.69) is 0 Å². The Bertz CT molecular complexity index is 208. The van der Waals surface area contributed by atoms with Gasteiger partial charge in [-0.25, -0.2) is 0 Å². The average Bonchev–Trinajstić information content (AvgIpc) is 2.05. The molecule has 1 aromatic carbocycles. The van der Waals surface area contributed by atoms with Gasteiger partial charge in [-0.2, -0.15) is 0 Å². The van der Waals surface area contributed by atoms with E-state index in [1.165, 1.54) is 0 Å². The highest BCUT2D eigenvalue weighted by Crippen LogP contribution is 2.00. The summed E-state index contributed by atoms with van der Waals surface area (Å²) in [7, 11) is 0. The van der Waals surface area contributed by atoms with Gasteiger partial charge in [0.1, 0.15) is 0 Å². The van der Waals surface area contributed by atoms with Gasteiger partial charge >= 0.3 is 0 Å². The molecule has 0 bridgehead atoms. The molecule has 0 saturated heterocycles. The smallest absolute Gasteiger partial charge is 0.0332 e. The minimum absolute atomic E-state index is 0.0996. The highest BCUT2D eigenvalue weighted by molar-refractivity contribution is 5.15. The van der Waals surface area contributed by atoms with Crippen LogP contribution in [-0.4, -0.2) is 6.04 Å². The van der Waals surface area contributed by atoms with E-state index in [4.69, 9.17) is 7.10 Å². The van der Waals surface area contributed by atoms with E-state index in [1.807, 2.05) is 37.3 Å². The van der Waals surface area contributed by atoms with Crippen molar-refractivity contribution in [3.63, 3.8) is 0 Å². The lowest BCUT2D eigenvalue weighted by Gasteiger charge is -2.02. The van der Waals surface area contributed by atoms with Crippen molar-refractivity contribution in [3.05, 3.63) is 35.9 Å². The van der Waals surface area contributed by atoms with Gasteiger partial charge < -0.3 is 5.73 Å². The van der Waals surface area contributed by atoms with Crippen molar-refractivity contribution in [2.24, 2.45) is 5.73 Å². The first-order chi connectivity index (χ1) is 5.22. The fourth-order valence-electron chi connectivity index (χ4n) is 0.868. The molecule has 1 nitrogen and oxygen atoms in total. The van der Waals surface area contributed by atoms with Crippen LogP contribution in [-0.2, 0) is 6.40 Å². The van der Waals surface area contributed by atoms with Crippen molar-refractivity contribution in [2.75, 3.05) is 0 Å². The van der Waals surface area contributed by atoms with Crippen molar-refractivity contribution < 1.29 is 1.37 Å². The van der Waals surface area contributed by atoms with Crippen molar-refractivity contribution in [1.82, 2.24) is 0 Å². The van der Waals surface area contributed by atoms with Gasteiger partial charge in [0.15, 0.2) is 0 Å². The first-order valence-corrected chi connectivity index (χ1v) is 3.44. The molecule has 10 heavy (non-hydrogen) atoms. The molecule has 0 aliphatic heterocycles. The summed E-state index contributed by atoms with van der Waals surface area (Å²) in [6.45, 7) is 1.85. The van der Waals surface area contributed by atoms with Crippen LogP contribution in [0.25, 0.3) is 0 Å². The van der Waals surface area contributed by atoms with Crippen molar-refractivity contribution in [1.29, 1.82) is 0 Å². The lowest BCUT2D eigenvalue weighted by molar-refractivity contribution is 0.738. The minimum Gasteiger partial charge on any atom is -0.328 e. The zero-order valence-electron chi connectivity index (χ0n) is 7.12. The second kappa shape index (κ2) is 3.37. The zero-order chi connectivity index (χ0) is 8.27. The zero-order valence-corrected chi connectivity index (χ0v) is 6.12. The van der Waals surface area contributed by atoms with Crippen molar-refractivity contribution >= 4 is 0 Å². The van der Waals surface area contributed by atoms with Crippen molar-refractivity contribution in [3.8, 4) is 0 Å². The summed E-state index contributed by atoms with van der Waals surface area (Å²) in [4.78, 5) is 0. The SMILES string of the molecule is [2H]C(c1ccccc1)C(C)N. The Balaban J connectivity index is 2.77. The van der Waals surface area contributed by atoms with E-state index >= 15 is 0 Å². The molecule has 1 heteroatoms. The van der Waals surface area contributed by atoms with E-state index in [-0.39, 0.29) is 12.4 Å². The highest BCUT2D eigenvalue weighted by Gasteiger charge is 1.94. The summed E-state index contributed by atoms with van der Waals surface area (Å²) in [6, 6.07) is 9.57. The molecule has 0 saturated carbocycles. The fourth-order valence-corrected chi connectivity index (χ4v) is 0.868. The highest BCUT2D eigenvalue weighted by atomic mass is 14.6. The molecule has 0 aliphatic carbocycles. The maximum atomic E-state index is 7.64. The van der Waals surface area contributed by atoms with Crippen LogP contribution in [0.4, 0.5) is 0 Å². The number of nitrogens with two attached hydrogens (primary N) is 1. The molecular formula is C9H13N. The minimum atomic E-state index is -0.295. The molecule has 0 amide bonds. The lowest BCUT2D eigenvalue weighted by atomic mass is 10.1. The molecule has 0 spiro atoms. The summed E-state index contributed by atoms with van der Waals surface area (Å²) in [6.07, 6.45) is -0.295. The van der Waals surface area contributed by atoms with Gasteiger partial charge in [-0.05, 0) is 18.9 Å². The predicted molar refractivity (Wildman–Crippen MR) is 43.8 cm³/mol. The fraction of sp³-hybridized carbons (Fsp3) is 0.333. The number of hydrogen-bond donors (Lipinski definition) is 1. The molecule has 1 aromatic rings. The summed E-state index contributed by atoms with van der Waals surface area (Å²) in [5.41, 5.74) is 6.57. The standard InChI is InChI=1S/C9H13N/c1-8(10)7-9-5-3-2-4-6-9/h2-6,8H,7,10H2,1H3/i7D. The van der Waals surface area contributed by atoms with Gasteiger partial charge in [-0.1, -0.05) is 30.3 Å². The number of benzene rings is 1. The molecule has 1 rings (SSSR count). The van der Waals surface area contributed by atoms with E-state index in [9.17, 15) is 0 Å². The van der Waals surface area contributed by atoms with Crippen molar-refractivity contribution in [2.45, 2.75) is 19.4 Å². The quantitative estimate of drug-likeness (QED) is 0.656. The normalized spacial score (nSPS) is 17.6. The molecule has 0 radical (unpaired) electrons. The lowest BCUT2D eigenvalue weighted by Crippen LogP contribution is -2.17. The van der Waals surface area contributed by atoms with Crippen LogP contribution in [0.15, 0.2) is 30.3 Å². The van der Waals surface area contributed by atoms with E-state index in [0.29, 0.717) is 0 Å². The van der Waals surface area contributed by atoms with Gasteiger partial charge in [-0.3, -0.25) is 0 Å². The van der Waals surface area contributed by atoms with E-state index in [0.717, 1.165) is 5.56 Å². The predicted octanol–water partition coefficient (Wildman–Crippen LogP) is 1.58. The van der Waals surface area contributed by atoms with Crippen LogP contribution in [0.1, 0.15) is 13.9 Å². The van der Waals surface area contributed by atoms with Gasteiger partial charge in [0.05, 0.1) is 0 Å². The van der Waals surface area contributed by atoms with Crippen LogP contribution in [0.5, 0.6) is 0 Å². The maximum Gasteiger partial charge on any atom is 0.0332 e. The van der Waals surface area contributed by atoms with Gasteiger partial charge in [0.2, 0.25) is 0 Å². The van der Waals surface area contributed by atoms with Gasteiger partial charge in [0, 0.05) is 7.41 Å². The van der Waals surface area contributed by atoms with Crippen LogP contribution in [0.3, 0.4) is 0 Å². The first-order valence-electron chi connectivity index (χ1n) is 4.02. The van der Waals surface area contributed by atoms with Crippen LogP contribution in [0.2, 0.25) is 0 Å². The Morgan fingerprint density at radius 2 is 2.10 bits per heavy atom. The Labute approximate surface area is 63.3 Å². The maximum absolute atomic E-state index is 7.64. The third kappa shape index (κ3) is 2.19. The topological polar surface area (TPSA) is 26.0 Å². The molecule has 2 N–H and O–H groups in total. The van der Waals surface area contributed by atoms with Gasteiger partial charge in [0.25, 0.3) is 0 Å². The first kappa shape index (κ1) is 5.93. The Morgan fingerprint density at radius 1 is 1.50 bits per heavy atom. The Kier molecular flexibility index (Phi) is 2.00. The number of rotatable bonds is 2. The third-order valence-corrected chi connectivity index (χ3v) is 1.25. The largest absolute Gasteiger partial charge is 0.328 e. The third-order valence-electron chi connectivity index (χ3n) is 1.25. The molecule has 54 valence electrons. The second-order valence-corrected chi connectivity index (χ2v) is 2.44. The molecule has 2 unspecified atom stereocenters. The van der Waals surface area contributed by atoms with E-state index < -0.39 is 0 Å². The molecular weight excluding hydrogens is 122 g/mol. The summed E-state index contributed by atoms with van der Waals surface area (Å²) >= 11 is 0. The summed E-state index contributed by atoms with van der Waals surface area (Å²) < 4.78 is 7.64. The molecule has 0 fully saturated rings. The Hall–Kier alpha value is -0.820. The molecule has 0 aromatic heterocycles. The van der Waals surface area contributed by atoms with Crippen LogP contribution < -0.4 is 5.73 Å². The monoisotopic (exact) mass is 136 g/mol. The molecule has 2 atom stereocenters. The van der Waals surface area contributed by atoms with Gasteiger partial charge in [-0.15, -0.1) is 0 Å². The summed E-state index contributed by atoms with van der Waals surface area (Å²) in [5.74, 6) is 0. The van der Waals surface area contributed by atoms with Crippen LogP contribution >= 0.6 is 0 Å². The average molecular weight is 136 g/mol. The Morgan fingerprint density at radius 3 is 2.60 bits per heavy atom. The molecule has 0 aliphatic rings. The summed E-state index contributed by atoms with van der Waals surface area (Å²) in [5, 5.41) is 0. The second-order valence-electron chi connectivity index (χ2n) is 2.44. The van der Waals surface area contributed by atoms with Crippen LogP contribution in [0, 0.1) is 0 Å². The van der Waals surface area contributed by atoms with E-state index in [1.54, 1.807) is 0 Å².